The van der Waals surface area contributed by atoms with Crippen LogP contribution in [-0.2, 0) is 9.59 Å². The van der Waals surface area contributed by atoms with E-state index in [0.717, 1.165) is 6.92 Å². The average Bonchev–Trinajstić information content (AvgIpc) is 2.34. The number of carboxylic acids is 1. The number of thioether (sulfide) groups is 1. The van der Waals surface area contributed by atoms with Gasteiger partial charge in [0, 0.05) is 6.92 Å². The average molecular weight is 326 g/mol. The third kappa shape index (κ3) is 5.72. The summed E-state index contributed by atoms with van der Waals surface area (Å²) in [6, 6.07) is -0.775. The van der Waals surface area contributed by atoms with Crippen LogP contribution in [0.4, 0.5) is 0 Å². The zero-order valence-electron chi connectivity index (χ0n) is 11.4. The zero-order valence-corrected chi connectivity index (χ0v) is 13.1. The van der Waals surface area contributed by atoms with Gasteiger partial charge >= 0.3 is 13.7 Å². The molecule has 0 aromatic heterocycles. The molecule has 0 bridgehead atoms. The van der Waals surface area contributed by atoms with Crippen molar-refractivity contribution in [3.63, 3.8) is 0 Å². The van der Waals surface area contributed by atoms with E-state index < -0.39 is 43.3 Å². The number of carbonyl (C=O) groups excluding carboxylic acids is 1. The summed E-state index contributed by atoms with van der Waals surface area (Å²) >= 11 is 1.53. The molecule has 8 nitrogen and oxygen atoms in total. The number of rotatable bonds is 9. The Morgan fingerprint density at radius 2 is 2.00 bits per heavy atom. The summed E-state index contributed by atoms with van der Waals surface area (Å²) in [6.07, 6.45) is 2.31. The SMILES string of the molecule is CSCC[C@H](N)C(=O)NCC(C(=O)O)[P+](O)(O)C(C)=N. The molecule has 0 aliphatic heterocycles. The largest absolute Gasteiger partial charge is 0.478 e. The summed E-state index contributed by atoms with van der Waals surface area (Å²) in [4.78, 5) is 42.0. The fourth-order valence-corrected chi connectivity index (χ4v) is 2.92. The van der Waals surface area contributed by atoms with E-state index in [9.17, 15) is 19.4 Å². The highest BCUT2D eigenvalue weighted by Crippen LogP contribution is 2.55. The van der Waals surface area contributed by atoms with Gasteiger partial charge in [0.25, 0.3) is 0 Å². The molecule has 7 N–H and O–H groups in total. The standard InChI is InChI=1S/C10H20N3O5PS/c1-6(11)19(17,18)8(10(15)16)5-13-9(14)7(12)3-4-20-2/h7-8,11,17-18H,3-5,12H2,1-2H3,(H-,13,14,15,16)/p+1/t7-,8?/m0/s1. The fourth-order valence-electron chi connectivity index (χ4n) is 1.31. The second-order valence-electron chi connectivity index (χ2n) is 4.22. The number of nitrogens with two attached hydrogens (primary N) is 1. The molecule has 0 spiro atoms. The monoisotopic (exact) mass is 326 g/mol. The summed E-state index contributed by atoms with van der Waals surface area (Å²) in [5.74, 6) is -1.34. The van der Waals surface area contributed by atoms with Gasteiger partial charge in [0.2, 0.25) is 17.0 Å². The molecule has 0 aliphatic rings. The molecule has 0 saturated carbocycles. The molecule has 116 valence electrons. The highest BCUT2D eigenvalue weighted by Gasteiger charge is 2.52. The topological polar surface area (TPSA) is 157 Å². The van der Waals surface area contributed by atoms with Crippen molar-refractivity contribution in [2.45, 2.75) is 25.0 Å². The van der Waals surface area contributed by atoms with Gasteiger partial charge in [0.05, 0.1) is 12.6 Å². The predicted octanol–water partition coefficient (Wildman–Crippen LogP) is -0.534. The van der Waals surface area contributed by atoms with Gasteiger partial charge in [-0.3, -0.25) is 10.2 Å². The molecule has 0 fully saturated rings. The van der Waals surface area contributed by atoms with Crippen molar-refractivity contribution in [2.75, 3.05) is 18.6 Å². The van der Waals surface area contributed by atoms with Gasteiger partial charge in [-0.2, -0.15) is 11.8 Å². The van der Waals surface area contributed by atoms with E-state index in [1.165, 1.54) is 11.8 Å². The smallest absolute Gasteiger partial charge is 0.352 e. The lowest BCUT2D eigenvalue weighted by molar-refractivity contribution is -0.136. The molecule has 1 amide bonds. The summed E-state index contributed by atoms with van der Waals surface area (Å²) in [7, 11) is -4.06. The number of aliphatic carboxylic acids is 1. The van der Waals surface area contributed by atoms with Crippen LogP contribution in [0.15, 0.2) is 0 Å². The van der Waals surface area contributed by atoms with E-state index in [4.69, 9.17) is 16.2 Å². The predicted molar refractivity (Wildman–Crippen MR) is 80.2 cm³/mol. The minimum absolute atomic E-state index is 0.437. The van der Waals surface area contributed by atoms with Crippen LogP contribution in [0.5, 0.6) is 0 Å². The van der Waals surface area contributed by atoms with Crippen molar-refractivity contribution >= 4 is 36.8 Å². The minimum Gasteiger partial charge on any atom is -0.478 e. The van der Waals surface area contributed by atoms with E-state index in [0.29, 0.717) is 12.2 Å². The summed E-state index contributed by atoms with van der Waals surface area (Å²) < 4.78 is 0. The van der Waals surface area contributed by atoms with E-state index >= 15 is 0 Å². The third-order valence-corrected chi connectivity index (χ3v) is 5.56. The van der Waals surface area contributed by atoms with Crippen LogP contribution in [0.1, 0.15) is 13.3 Å². The number of hydrogen-bond acceptors (Lipinski definition) is 7. The normalized spacial score (nSPS) is 14.4. The van der Waals surface area contributed by atoms with Crippen LogP contribution in [0.3, 0.4) is 0 Å². The second kappa shape index (κ2) is 8.53. The number of hydrogen-bond donors (Lipinski definition) is 6. The van der Waals surface area contributed by atoms with Crippen LogP contribution in [0.25, 0.3) is 0 Å². The van der Waals surface area contributed by atoms with Crippen LogP contribution >= 0.6 is 19.5 Å². The molecule has 20 heavy (non-hydrogen) atoms. The quantitative estimate of drug-likeness (QED) is 0.245. The Morgan fingerprint density at radius 1 is 1.45 bits per heavy atom. The maximum Gasteiger partial charge on any atom is 0.352 e. The molecule has 0 aliphatic carbocycles. The van der Waals surface area contributed by atoms with Gasteiger partial charge in [0.15, 0.2) is 0 Å². The highest BCUT2D eigenvalue weighted by atomic mass is 32.2. The fraction of sp³-hybridized carbons (Fsp3) is 0.700. The van der Waals surface area contributed by atoms with Gasteiger partial charge in [-0.1, -0.05) is 0 Å². The molecule has 1 unspecified atom stereocenters. The molecular formula is C10H21N3O5PS+. The van der Waals surface area contributed by atoms with Crippen LogP contribution < -0.4 is 11.1 Å². The maximum absolute atomic E-state index is 11.6. The third-order valence-electron chi connectivity index (χ3n) is 2.65. The Balaban J connectivity index is 4.61. The van der Waals surface area contributed by atoms with Crippen molar-refractivity contribution < 1.29 is 24.5 Å². The van der Waals surface area contributed by atoms with Crippen molar-refractivity contribution in [1.82, 2.24) is 5.32 Å². The van der Waals surface area contributed by atoms with Gasteiger partial charge in [-0.25, -0.2) is 14.6 Å². The molecule has 0 saturated heterocycles. The van der Waals surface area contributed by atoms with Crippen molar-refractivity contribution in [1.29, 1.82) is 5.41 Å². The first-order chi connectivity index (χ1) is 9.14. The lowest BCUT2D eigenvalue weighted by Crippen LogP contribution is -2.46. The second-order valence-corrected chi connectivity index (χ2v) is 7.80. The lowest BCUT2D eigenvalue weighted by atomic mass is 10.2. The van der Waals surface area contributed by atoms with Crippen LogP contribution in [0.2, 0.25) is 0 Å². The number of nitrogens with one attached hydrogen (secondary N) is 2. The number of carbonyl (C=O) groups is 2. The molecular weight excluding hydrogens is 305 g/mol. The van der Waals surface area contributed by atoms with Gasteiger partial charge in [-0.15, -0.1) is 0 Å². The summed E-state index contributed by atoms with van der Waals surface area (Å²) in [5, 5.41) is 18.5. The molecule has 10 heteroatoms. The van der Waals surface area contributed by atoms with E-state index in [1.54, 1.807) is 0 Å². The Kier molecular flexibility index (Phi) is 8.22. The van der Waals surface area contributed by atoms with Crippen LogP contribution in [0, 0.1) is 5.41 Å². The molecule has 2 atom stereocenters. The Bertz CT molecular complexity index is 380. The van der Waals surface area contributed by atoms with E-state index in [1.807, 2.05) is 6.26 Å². The molecule has 0 rings (SSSR count). The Morgan fingerprint density at radius 3 is 2.40 bits per heavy atom. The van der Waals surface area contributed by atoms with Crippen LogP contribution in [-0.4, -0.2) is 62.5 Å². The Labute approximate surface area is 122 Å². The van der Waals surface area contributed by atoms with Gasteiger partial charge in [0.1, 0.15) is 0 Å². The van der Waals surface area contributed by atoms with Crippen molar-refractivity contribution in [3.8, 4) is 0 Å². The summed E-state index contributed by atoms with van der Waals surface area (Å²) in [6.45, 7) is 0.647. The van der Waals surface area contributed by atoms with Crippen molar-refractivity contribution in [2.24, 2.45) is 5.73 Å². The van der Waals surface area contributed by atoms with E-state index in [2.05, 4.69) is 5.32 Å². The lowest BCUT2D eigenvalue weighted by Gasteiger charge is -2.19. The van der Waals surface area contributed by atoms with E-state index in [-0.39, 0.29) is 0 Å². The number of carboxylic acid groups (broad SMARTS) is 1. The molecule has 0 heterocycles. The van der Waals surface area contributed by atoms with Crippen molar-refractivity contribution in [3.05, 3.63) is 0 Å². The zero-order chi connectivity index (χ0) is 15.9. The molecule has 0 aromatic carbocycles. The first kappa shape index (κ1) is 19.3. The first-order valence-electron chi connectivity index (χ1n) is 5.79. The summed E-state index contributed by atoms with van der Waals surface area (Å²) in [5.41, 5.74) is 3.47. The first-order valence-corrected chi connectivity index (χ1v) is 8.95. The molecule has 0 aromatic rings. The molecule has 0 radical (unpaired) electrons. The highest BCUT2D eigenvalue weighted by molar-refractivity contribution is 7.98. The van der Waals surface area contributed by atoms with Gasteiger partial charge in [-0.05, 0) is 18.4 Å². The minimum atomic E-state index is -4.06. The maximum atomic E-state index is 11.6. The number of amides is 1. The Hall–Kier alpha value is -0.730. The van der Waals surface area contributed by atoms with Gasteiger partial charge < -0.3 is 16.2 Å².